The predicted molar refractivity (Wildman–Crippen MR) is 36.7 cm³/mol. The van der Waals surface area contributed by atoms with Crippen LogP contribution in [0.25, 0.3) is 0 Å². The van der Waals surface area contributed by atoms with Crippen molar-refractivity contribution in [1.29, 1.82) is 0 Å². The topological polar surface area (TPSA) is 72.7 Å². The molecule has 0 aromatic heterocycles. The van der Waals surface area contributed by atoms with Crippen LogP contribution >= 0.6 is 0 Å². The first-order chi connectivity index (χ1) is 4.54. The summed E-state index contributed by atoms with van der Waals surface area (Å²) in [7, 11) is 0. The molecule has 0 bridgehead atoms. The van der Waals surface area contributed by atoms with Crippen molar-refractivity contribution in [2.24, 2.45) is 5.92 Å². The lowest BCUT2D eigenvalue weighted by Crippen LogP contribution is -2.43. The lowest BCUT2D eigenvalue weighted by molar-refractivity contribution is -0.0392. The van der Waals surface area contributed by atoms with Crippen molar-refractivity contribution in [3.05, 3.63) is 0 Å². The van der Waals surface area contributed by atoms with Gasteiger partial charge in [0.15, 0.2) is 0 Å². The van der Waals surface area contributed by atoms with Gasteiger partial charge in [0.1, 0.15) is 0 Å². The third-order valence-electron chi connectivity index (χ3n) is 1.77. The molecule has 0 rings (SSSR count). The molecular weight excluding hydrogens is 134 g/mol. The second kappa shape index (κ2) is 3.88. The molecule has 0 saturated carbocycles. The molecule has 0 aromatic carbocycles. The molecule has 10 heavy (non-hydrogen) atoms. The van der Waals surface area contributed by atoms with Crippen molar-refractivity contribution in [3.8, 4) is 0 Å². The highest BCUT2D eigenvalue weighted by molar-refractivity contribution is 4.79. The highest BCUT2D eigenvalue weighted by atomic mass is 16.5. The molecule has 2 atom stereocenters. The number of aliphatic hydroxyl groups excluding tert-OH is 1. The van der Waals surface area contributed by atoms with E-state index in [2.05, 4.69) is 0 Å². The third-order valence-corrected chi connectivity index (χ3v) is 1.77. The van der Waals surface area contributed by atoms with Gasteiger partial charge in [0.2, 0.25) is 0 Å². The van der Waals surface area contributed by atoms with E-state index in [0.717, 1.165) is 0 Å². The molecule has 0 spiro atoms. The van der Waals surface area contributed by atoms with E-state index in [0.29, 0.717) is 0 Å². The molecule has 0 heterocycles. The van der Waals surface area contributed by atoms with E-state index >= 15 is 0 Å². The summed E-state index contributed by atoms with van der Waals surface area (Å²) in [6.07, 6.45) is 0. The van der Waals surface area contributed by atoms with Crippen LogP contribution in [0.1, 0.15) is 13.8 Å². The van der Waals surface area contributed by atoms with Crippen LogP contribution in [0.15, 0.2) is 0 Å². The molecule has 4 N–H and O–H groups in total. The first kappa shape index (κ1) is 9.84. The van der Waals surface area contributed by atoms with Crippen molar-refractivity contribution in [2.45, 2.75) is 19.4 Å². The van der Waals surface area contributed by atoms with Crippen molar-refractivity contribution < 1.29 is 15.4 Å². The fourth-order valence-corrected chi connectivity index (χ4v) is 0.531. The average molecular weight is 149 g/mol. The molecule has 2 unspecified atom stereocenters. The fourth-order valence-electron chi connectivity index (χ4n) is 0.531. The molecular formula is C6H15NO3. The van der Waals surface area contributed by atoms with Crippen molar-refractivity contribution in [1.82, 2.24) is 5.48 Å². The van der Waals surface area contributed by atoms with Crippen LogP contribution in [-0.4, -0.2) is 34.2 Å². The van der Waals surface area contributed by atoms with Crippen LogP contribution in [0.3, 0.4) is 0 Å². The Bertz CT molecular complexity index is 95.0. The molecule has 0 amide bonds. The van der Waals surface area contributed by atoms with E-state index in [-0.39, 0.29) is 19.1 Å². The van der Waals surface area contributed by atoms with Crippen molar-refractivity contribution >= 4 is 0 Å². The van der Waals surface area contributed by atoms with E-state index in [4.69, 9.17) is 10.3 Å². The van der Waals surface area contributed by atoms with Crippen LogP contribution in [0.2, 0.25) is 0 Å². The van der Waals surface area contributed by atoms with Gasteiger partial charge in [-0.15, -0.1) is 0 Å². The Morgan fingerprint density at radius 1 is 1.60 bits per heavy atom. The van der Waals surface area contributed by atoms with Gasteiger partial charge in [-0.25, -0.2) is 5.48 Å². The Hall–Kier alpha value is -0.160. The number of hydrogen-bond acceptors (Lipinski definition) is 4. The quantitative estimate of drug-likeness (QED) is 0.401. The third kappa shape index (κ3) is 2.62. The number of aliphatic hydroxyl groups is 2. The fraction of sp³-hybridized carbons (Fsp3) is 1.00. The normalized spacial score (nSPS) is 20.1. The number of rotatable bonds is 4. The van der Waals surface area contributed by atoms with Gasteiger partial charge in [0.05, 0.1) is 5.60 Å². The smallest absolute Gasteiger partial charge is 0.0813 e. The minimum absolute atomic E-state index is 0.0642. The summed E-state index contributed by atoms with van der Waals surface area (Å²) in [6, 6.07) is 0. The minimum atomic E-state index is -1.05. The summed E-state index contributed by atoms with van der Waals surface area (Å²) in [6.45, 7) is 3.23. The highest BCUT2D eigenvalue weighted by Gasteiger charge is 2.26. The lowest BCUT2D eigenvalue weighted by Gasteiger charge is -2.27. The molecule has 0 radical (unpaired) electrons. The number of hydroxylamine groups is 1. The van der Waals surface area contributed by atoms with Gasteiger partial charge in [0, 0.05) is 19.1 Å². The summed E-state index contributed by atoms with van der Waals surface area (Å²) in [5.41, 5.74) is 0.810. The Balaban J connectivity index is 3.82. The predicted octanol–water partition coefficient (Wildman–Crippen LogP) is -0.655. The van der Waals surface area contributed by atoms with Crippen LogP contribution in [0.4, 0.5) is 0 Å². The molecule has 0 aliphatic heterocycles. The first-order valence-electron chi connectivity index (χ1n) is 3.24. The Labute approximate surface area is 60.5 Å². The summed E-state index contributed by atoms with van der Waals surface area (Å²) >= 11 is 0. The maximum absolute atomic E-state index is 9.40. The zero-order valence-electron chi connectivity index (χ0n) is 6.33. The Morgan fingerprint density at radius 3 is 2.40 bits per heavy atom. The minimum Gasteiger partial charge on any atom is -0.396 e. The largest absolute Gasteiger partial charge is 0.396 e. The highest BCUT2D eigenvalue weighted by Crippen LogP contribution is 2.14. The molecule has 0 saturated heterocycles. The Kier molecular flexibility index (Phi) is 3.81. The zero-order valence-corrected chi connectivity index (χ0v) is 6.33. The maximum atomic E-state index is 9.40. The van der Waals surface area contributed by atoms with E-state index in [1.165, 1.54) is 0 Å². The van der Waals surface area contributed by atoms with Crippen LogP contribution in [0, 0.1) is 5.92 Å². The van der Waals surface area contributed by atoms with E-state index in [9.17, 15) is 5.11 Å². The van der Waals surface area contributed by atoms with Gasteiger partial charge in [-0.05, 0) is 6.92 Å². The van der Waals surface area contributed by atoms with Crippen molar-refractivity contribution in [2.75, 3.05) is 13.2 Å². The summed E-state index contributed by atoms with van der Waals surface area (Å²) in [4.78, 5) is 0. The molecule has 0 fully saturated rings. The molecule has 4 nitrogen and oxygen atoms in total. The van der Waals surface area contributed by atoms with Crippen molar-refractivity contribution in [3.63, 3.8) is 0 Å². The van der Waals surface area contributed by atoms with Crippen LogP contribution in [0.5, 0.6) is 0 Å². The summed E-state index contributed by atoms with van der Waals surface area (Å²) in [5.74, 6) is -0.243. The molecule has 62 valence electrons. The Morgan fingerprint density at radius 2 is 2.10 bits per heavy atom. The SMILES string of the molecule is CC(CO)C(C)(O)CNO. The molecule has 0 aliphatic carbocycles. The van der Waals surface area contributed by atoms with Gasteiger partial charge in [-0.2, -0.15) is 0 Å². The summed E-state index contributed by atoms with van der Waals surface area (Å²) < 4.78 is 0. The monoisotopic (exact) mass is 149 g/mol. The zero-order chi connectivity index (χ0) is 8.20. The molecule has 0 aromatic rings. The van der Waals surface area contributed by atoms with Gasteiger partial charge in [0.25, 0.3) is 0 Å². The standard InChI is InChI=1S/C6H15NO3/c1-5(3-8)6(2,9)4-7-10/h5,7-10H,3-4H2,1-2H3. The average Bonchev–Trinajstić information content (AvgIpc) is 1.86. The maximum Gasteiger partial charge on any atom is 0.0813 e. The number of hydrogen-bond donors (Lipinski definition) is 4. The second-order valence-electron chi connectivity index (χ2n) is 2.78. The van der Waals surface area contributed by atoms with Gasteiger partial charge < -0.3 is 15.4 Å². The van der Waals surface area contributed by atoms with E-state index in [1.54, 1.807) is 13.8 Å². The lowest BCUT2D eigenvalue weighted by atomic mass is 9.92. The van der Waals surface area contributed by atoms with Gasteiger partial charge in [-0.1, -0.05) is 6.92 Å². The van der Waals surface area contributed by atoms with Gasteiger partial charge >= 0.3 is 0 Å². The molecule has 0 aliphatic rings. The molecule has 4 heteroatoms. The van der Waals surface area contributed by atoms with E-state index in [1.807, 2.05) is 5.48 Å². The first-order valence-corrected chi connectivity index (χ1v) is 3.24. The summed E-state index contributed by atoms with van der Waals surface area (Å²) in [5, 5.41) is 26.3. The van der Waals surface area contributed by atoms with Gasteiger partial charge in [-0.3, -0.25) is 0 Å². The van der Waals surface area contributed by atoms with Crippen LogP contribution < -0.4 is 5.48 Å². The number of nitrogens with one attached hydrogen (secondary N) is 1. The van der Waals surface area contributed by atoms with E-state index < -0.39 is 5.60 Å². The van der Waals surface area contributed by atoms with Crippen LogP contribution in [-0.2, 0) is 0 Å². The second-order valence-corrected chi connectivity index (χ2v) is 2.78.